The third-order valence-electron chi connectivity index (χ3n) is 6.00. The minimum atomic E-state index is -0.466. The Balaban J connectivity index is 1.41. The second kappa shape index (κ2) is 12.5. The van der Waals surface area contributed by atoms with Crippen LogP contribution in [-0.4, -0.2) is 72.8 Å². The largest absolute Gasteiger partial charge is 0.490 e. The van der Waals surface area contributed by atoms with Crippen molar-refractivity contribution in [2.45, 2.75) is 20.3 Å². The molecule has 0 atom stereocenters. The highest BCUT2D eigenvalue weighted by molar-refractivity contribution is 9.10. The Morgan fingerprint density at radius 3 is 2.46 bits per heavy atom. The summed E-state index contributed by atoms with van der Waals surface area (Å²) in [6, 6.07) is 13.7. The third-order valence-corrected chi connectivity index (χ3v) is 7.50. The van der Waals surface area contributed by atoms with Gasteiger partial charge in [0.2, 0.25) is 5.91 Å². The van der Waals surface area contributed by atoms with E-state index in [1.54, 1.807) is 17.0 Å². The molecule has 2 aliphatic heterocycles. The molecule has 196 valence electrons. The number of hydrogen-bond donors (Lipinski definition) is 0. The summed E-state index contributed by atoms with van der Waals surface area (Å²) in [6.45, 7) is 7.14. The van der Waals surface area contributed by atoms with Gasteiger partial charge in [-0.15, -0.1) is 0 Å². The first-order valence-electron chi connectivity index (χ1n) is 12.3. The van der Waals surface area contributed by atoms with E-state index in [0.717, 1.165) is 28.8 Å². The lowest BCUT2D eigenvalue weighted by atomic mass is 10.1. The molecular weight excluding hydrogens is 558 g/mol. The summed E-state index contributed by atoms with van der Waals surface area (Å²) >= 11 is 4.36. The summed E-state index contributed by atoms with van der Waals surface area (Å²) in [6.07, 6.45) is 2.50. The molecule has 0 saturated carbocycles. The molecule has 2 heterocycles. The predicted molar refractivity (Wildman–Crippen MR) is 149 cm³/mol. The maximum absolute atomic E-state index is 13.0. The van der Waals surface area contributed by atoms with Gasteiger partial charge in [-0.2, -0.15) is 0 Å². The maximum Gasteiger partial charge on any atom is 0.294 e. The van der Waals surface area contributed by atoms with E-state index < -0.39 is 11.1 Å². The van der Waals surface area contributed by atoms with Gasteiger partial charge < -0.3 is 19.3 Å². The number of carbonyl (C=O) groups is 3. The Morgan fingerprint density at radius 2 is 1.78 bits per heavy atom. The van der Waals surface area contributed by atoms with Gasteiger partial charge in [0.05, 0.1) is 22.6 Å². The highest BCUT2D eigenvalue weighted by atomic mass is 79.9. The normalized spacial score (nSPS) is 17.1. The van der Waals surface area contributed by atoms with Gasteiger partial charge in [-0.05, 0) is 76.9 Å². The number of ether oxygens (including phenoxy) is 2. The molecular formula is C27H30BrN3O5S. The Bertz CT molecular complexity index is 1180. The second-order valence-corrected chi connectivity index (χ2v) is 10.4. The van der Waals surface area contributed by atoms with Gasteiger partial charge in [-0.1, -0.05) is 25.1 Å². The van der Waals surface area contributed by atoms with Gasteiger partial charge in [0.1, 0.15) is 6.54 Å². The topological polar surface area (TPSA) is 79.4 Å². The monoisotopic (exact) mass is 587 g/mol. The molecule has 2 aliphatic rings. The van der Waals surface area contributed by atoms with Crippen molar-refractivity contribution in [2.75, 3.05) is 50.8 Å². The molecule has 4 rings (SSSR count). The first-order valence-corrected chi connectivity index (χ1v) is 13.9. The first kappa shape index (κ1) is 27.1. The minimum absolute atomic E-state index is 0.227. The average Bonchev–Trinajstić information content (AvgIpc) is 3.16. The van der Waals surface area contributed by atoms with Gasteiger partial charge >= 0.3 is 0 Å². The molecule has 37 heavy (non-hydrogen) atoms. The van der Waals surface area contributed by atoms with E-state index in [4.69, 9.17) is 9.47 Å². The van der Waals surface area contributed by atoms with E-state index in [2.05, 4.69) is 20.8 Å². The zero-order valence-corrected chi connectivity index (χ0v) is 23.3. The molecule has 0 spiro atoms. The lowest BCUT2D eigenvalue weighted by Crippen LogP contribution is -2.51. The summed E-state index contributed by atoms with van der Waals surface area (Å²) < 4.78 is 12.2. The number of benzene rings is 2. The van der Waals surface area contributed by atoms with E-state index >= 15 is 0 Å². The highest BCUT2D eigenvalue weighted by Crippen LogP contribution is 2.39. The Labute approximate surface area is 229 Å². The molecule has 0 aliphatic carbocycles. The Morgan fingerprint density at radius 1 is 1.05 bits per heavy atom. The smallest absolute Gasteiger partial charge is 0.294 e. The van der Waals surface area contributed by atoms with Crippen LogP contribution in [0.4, 0.5) is 10.5 Å². The molecule has 2 aromatic rings. The molecule has 0 unspecified atom stereocenters. The van der Waals surface area contributed by atoms with Crippen LogP contribution in [0.2, 0.25) is 0 Å². The first-order chi connectivity index (χ1) is 17.9. The van der Waals surface area contributed by atoms with Crippen molar-refractivity contribution < 1.29 is 23.9 Å². The highest BCUT2D eigenvalue weighted by Gasteiger charge is 2.37. The van der Waals surface area contributed by atoms with Crippen LogP contribution in [0.3, 0.4) is 0 Å². The van der Waals surface area contributed by atoms with E-state index in [1.165, 1.54) is 0 Å². The van der Waals surface area contributed by atoms with Gasteiger partial charge in [0.15, 0.2) is 11.5 Å². The molecule has 0 aromatic heterocycles. The summed E-state index contributed by atoms with van der Waals surface area (Å²) in [5, 5.41) is -0.445. The fraction of sp³-hybridized carbons (Fsp3) is 0.370. The Kier molecular flexibility index (Phi) is 9.15. The zero-order chi connectivity index (χ0) is 26.4. The maximum atomic E-state index is 13.0. The quantitative estimate of drug-likeness (QED) is 0.381. The van der Waals surface area contributed by atoms with Crippen molar-refractivity contribution in [2.24, 2.45) is 0 Å². The number of anilines is 1. The molecule has 3 amide bonds. The predicted octanol–water partition coefficient (Wildman–Crippen LogP) is 5.02. The van der Waals surface area contributed by atoms with Gasteiger partial charge in [0.25, 0.3) is 11.1 Å². The molecule has 8 nitrogen and oxygen atoms in total. The minimum Gasteiger partial charge on any atom is -0.490 e. The van der Waals surface area contributed by atoms with Crippen LogP contribution in [0, 0.1) is 0 Å². The zero-order valence-electron chi connectivity index (χ0n) is 20.9. The van der Waals surface area contributed by atoms with Crippen molar-refractivity contribution in [3.8, 4) is 11.5 Å². The molecule has 10 heteroatoms. The van der Waals surface area contributed by atoms with E-state index in [0.29, 0.717) is 60.9 Å². The Hall–Kier alpha value is -2.98. The number of halogens is 1. The molecule has 2 saturated heterocycles. The number of carbonyl (C=O) groups excluding carboxylic acids is 3. The van der Waals surface area contributed by atoms with Crippen LogP contribution in [0.25, 0.3) is 6.08 Å². The number of para-hydroxylation sites is 1. The fourth-order valence-electron chi connectivity index (χ4n) is 4.15. The van der Waals surface area contributed by atoms with Crippen molar-refractivity contribution in [3.63, 3.8) is 0 Å². The number of piperazine rings is 1. The summed E-state index contributed by atoms with van der Waals surface area (Å²) in [5.41, 5.74) is 1.81. The number of thioether (sulfide) groups is 1. The van der Waals surface area contributed by atoms with E-state index in [1.807, 2.05) is 50.2 Å². The van der Waals surface area contributed by atoms with Crippen LogP contribution in [0.15, 0.2) is 51.8 Å². The lowest BCUT2D eigenvalue weighted by Gasteiger charge is -2.36. The van der Waals surface area contributed by atoms with Gasteiger partial charge in [0, 0.05) is 31.9 Å². The van der Waals surface area contributed by atoms with Crippen molar-refractivity contribution in [1.29, 1.82) is 0 Å². The SMILES string of the molecule is CCCOc1c(Br)cc(/C=C2\SC(=O)N(CC(=O)N3CCN(c4ccccc4)CC3)C2=O)cc1OCC. The summed E-state index contributed by atoms with van der Waals surface area (Å²) in [4.78, 5) is 43.9. The average molecular weight is 589 g/mol. The lowest BCUT2D eigenvalue weighted by molar-refractivity contribution is -0.136. The number of nitrogens with zero attached hydrogens (tertiary/aromatic N) is 3. The van der Waals surface area contributed by atoms with E-state index in [-0.39, 0.29) is 17.4 Å². The standard InChI is InChI=1S/C27H30BrN3O5S/c1-3-14-36-25-21(28)15-19(16-22(25)35-4-2)17-23-26(33)31(27(34)37-23)18-24(32)30-12-10-29(11-13-30)20-8-6-5-7-9-20/h5-9,15-17H,3-4,10-14,18H2,1-2H3/b23-17-. The van der Waals surface area contributed by atoms with Crippen LogP contribution in [-0.2, 0) is 9.59 Å². The number of hydrogen-bond acceptors (Lipinski definition) is 7. The molecule has 0 bridgehead atoms. The second-order valence-electron chi connectivity index (χ2n) is 8.58. The van der Waals surface area contributed by atoms with Gasteiger partial charge in [-0.25, -0.2) is 0 Å². The third kappa shape index (κ3) is 6.48. The summed E-state index contributed by atoms with van der Waals surface area (Å²) in [5.74, 6) is 0.467. The van der Waals surface area contributed by atoms with Crippen molar-refractivity contribution in [1.82, 2.24) is 9.80 Å². The molecule has 2 fully saturated rings. The number of rotatable bonds is 9. The van der Waals surface area contributed by atoms with E-state index in [9.17, 15) is 14.4 Å². The fourth-order valence-corrected chi connectivity index (χ4v) is 5.57. The molecule has 0 N–H and O–H groups in total. The number of amides is 3. The summed E-state index contributed by atoms with van der Waals surface area (Å²) in [7, 11) is 0. The van der Waals surface area contributed by atoms with Crippen LogP contribution >= 0.6 is 27.7 Å². The molecule has 0 radical (unpaired) electrons. The van der Waals surface area contributed by atoms with Crippen molar-refractivity contribution >= 4 is 56.5 Å². The van der Waals surface area contributed by atoms with Crippen LogP contribution in [0.5, 0.6) is 11.5 Å². The van der Waals surface area contributed by atoms with Crippen molar-refractivity contribution in [3.05, 3.63) is 57.4 Å². The van der Waals surface area contributed by atoms with Gasteiger partial charge in [-0.3, -0.25) is 19.3 Å². The van der Waals surface area contributed by atoms with Crippen LogP contribution < -0.4 is 14.4 Å². The molecule has 2 aromatic carbocycles. The number of imide groups is 1. The van der Waals surface area contributed by atoms with Crippen LogP contribution in [0.1, 0.15) is 25.8 Å².